The lowest BCUT2D eigenvalue weighted by molar-refractivity contribution is 0.439. The molecular weight excluding hydrogens is 394 g/mol. The molecule has 142 valence electrons. The van der Waals surface area contributed by atoms with E-state index in [2.05, 4.69) is 10.2 Å². The van der Waals surface area contributed by atoms with Crippen molar-refractivity contribution in [2.24, 2.45) is 0 Å². The Morgan fingerprint density at radius 3 is 2.61 bits per heavy atom. The number of aromatic amines is 1. The van der Waals surface area contributed by atoms with Gasteiger partial charge < -0.3 is 10.2 Å². The van der Waals surface area contributed by atoms with Gasteiger partial charge in [0.05, 0.1) is 22.7 Å². The molecule has 0 radical (unpaired) electrons. The van der Waals surface area contributed by atoms with E-state index in [4.69, 9.17) is 23.8 Å². The molecule has 0 fully saturated rings. The van der Waals surface area contributed by atoms with Crippen LogP contribution in [0.1, 0.15) is 18.1 Å². The van der Waals surface area contributed by atoms with Crippen molar-refractivity contribution in [3.8, 4) is 28.6 Å². The molecule has 0 atom stereocenters. The van der Waals surface area contributed by atoms with Crippen LogP contribution in [0.3, 0.4) is 0 Å². The largest absolute Gasteiger partial charge is 0.507 e. The van der Waals surface area contributed by atoms with Crippen molar-refractivity contribution in [1.82, 2.24) is 14.8 Å². The second-order valence-corrected chi connectivity index (χ2v) is 7.09. The number of nitrogens with zero attached hydrogens (tertiary/aromatic N) is 2. The predicted molar refractivity (Wildman–Crippen MR) is 114 cm³/mol. The first-order valence-corrected chi connectivity index (χ1v) is 9.79. The second kappa shape index (κ2) is 7.30. The quantitative estimate of drug-likeness (QED) is 0.308. The van der Waals surface area contributed by atoms with Crippen LogP contribution in [0.5, 0.6) is 11.5 Å². The summed E-state index contributed by atoms with van der Waals surface area (Å²) in [4.78, 5) is 0. The van der Waals surface area contributed by atoms with Crippen LogP contribution in [0.15, 0.2) is 48.5 Å². The highest BCUT2D eigenvalue weighted by Crippen LogP contribution is 2.41. The highest BCUT2D eigenvalue weighted by atomic mass is 35.5. The van der Waals surface area contributed by atoms with Gasteiger partial charge in [-0.15, -0.1) is 11.6 Å². The summed E-state index contributed by atoms with van der Waals surface area (Å²) in [5, 5.41) is 30.4. The van der Waals surface area contributed by atoms with Crippen molar-refractivity contribution in [1.29, 1.82) is 0 Å². The molecule has 1 heterocycles. The summed E-state index contributed by atoms with van der Waals surface area (Å²) < 4.78 is 2.20. The molecule has 1 aromatic heterocycles. The van der Waals surface area contributed by atoms with Crippen LogP contribution in [0.4, 0.5) is 0 Å². The number of phenols is 2. The first kappa shape index (κ1) is 18.5. The third kappa shape index (κ3) is 2.85. The number of hydrogen-bond donors (Lipinski definition) is 3. The molecule has 0 aliphatic carbocycles. The average molecular weight is 412 g/mol. The normalized spacial score (nSPS) is 11.2. The molecule has 0 unspecified atom stereocenters. The molecule has 5 nitrogen and oxygen atoms in total. The van der Waals surface area contributed by atoms with Crippen LogP contribution in [0.25, 0.3) is 27.8 Å². The maximum atomic E-state index is 10.8. The van der Waals surface area contributed by atoms with Gasteiger partial charge in [-0.1, -0.05) is 43.3 Å². The molecule has 0 spiro atoms. The van der Waals surface area contributed by atoms with Gasteiger partial charge in [0.2, 0.25) is 0 Å². The first-order chi connectivity index (χ1) is 13.6. The van der Waals surface area contributed by atoms with Crippen LogP contribution in [-0.4, -0.2) is 25.0 Å². The predicted octanol–water partition coefficient (Wildman–Crippen LogP) is 5.46. The van der Waals surface area contributed by atoms with Gasteiger partial charge >= 0.3 is 0 Å². The molecule has 0 saturated carbocycles. The van der Waals surface area contributed by atoms with Gasteiger partial charge in [-0.3, -0.25) is 9.67 Å². The van der Waals surface area contributed by atoms with E-state index in [1.165, 1.54) is 0 Å². The molecule has 3 N–H and O–H groups in total. The maximum absolute atomic E-state index is 10.8. The van der Waals surface area contributed by atoms with Gasteiger partial charge in [0.25, 0.3) is 0 Å². The van der Waals surface area contributed by atoms with Gasteiger partial charge in [-0.05, 0) is 41.7 Å². The lowest BCUT2D eigenvalue weighted by Crippen LogP contribution is -2.01. The number of phenolic OH excluding ortho intramolecular Hbond substituents is 2. The maximum Gasteiger partial charge on any atom is 0.200 e. The van der Waals surface area contributed by atoms with Crippen molar-refractivity contribution in [2.45, 2.75) is 19.2 Å². The number of nitrogens with one attached hydrogen (secondary N) is 1. The van der Waals surface area contributed by atoms with Gasteiger partial charge in [-0.25, -0.2) is 0 Å². The topological polar surface area (TPSA) is 74.1 Å². The summed E-state index contributed by atoms with van der Waals surface area (Å²) in [6.45, 7) is 1.93. The van der Waals surface area contributed by atoms with E-state index in [1.54, 1.807) is 10.6 Å². The number of fused-ring (bicyclic) bond motifs is 1. The van der Waals surface area contributed by atoms with Crippen LogP contribution in [0, 0.1) is 4.77 Å². The Morgan fingerprint density at radius 1 is 1.11 bits per heavy atom. The van der Waals surface area contributed by atoms with Gasteiger partial charge in [-0.2, -0.15) is 5.10 Å². The highest BCUT2D eigenvalue weighted by Gasteiger charge is 2.22. The van der Waals surface area contributed by atoms with E-state index >= 15 is 0 Å². The fraction of sp³-hybridized carbons (Fsp3) is 0.143. The standard InChI is InChI=1S/C21H18ClN3O2S/c1-2-12-10-15(19(27)16(11-22)18(12)26)20-23-24-21(28)25(20)17-9-5-7-13-6-3-4-8-14(13)17/h3-10,26-27H,2,11H2,1H3,(H,24,28). The van der Waals surface area contributed by atoms with Crippen molar-refractivity contribution < 1.29 is 10.2 Å². The Hall–Kier alpha value is -2.83. The summed E-state index contributed by atoms with van der Waals surface area (Å²) >= 11 is 11.5. The summed E-state index contributed by atoms with van der Waals surface area (Å²) in [5.41, 5.74) is 2.28. The number of aromatic nitrogens is 3. The van der Waals surface area contributed by atoms with Crippen LogP contribution >= 0.6 is 23.8 Å². The number of aryl methyl sites for hydroxylation is 1. The van der Waals surface area contributed by atoms with Gasteiger partial charge in [0.15, 0.2) is 10.6 Å². The number of rotatable bonds is 4. The molecule has 0 aliphatic rings. The third-order valence-electron chi connectivity index (χ3n) is 4.88. The number of benzene rings is 3. The molecule has 0 amide bonds. The average Bonchev–Trinajstić information content (AvgIpc) is 3.09. The summed E-state index contributed by atoms with van der Waals surface area (Å²) in [5.74, 6) is 0.363. The van der Waals surface area contributed by atoms with Gasteiger partial charge in [0.1, 0.15) is 11.5 Å². The third-order valence-corrected chi connectivity index (χ3v) is 5.43. The minimum absolute atomic E-state index is 0.0159. The van der Waals surface area contributed by atoms with Crippen LogP contribution < -0.4 is 0 Å². The fourth-order valence-corrected chi connectivity index (χ4v) is 3.93. The minimum Gasteiger partial charge on any atom is -0.507 e. The first-order valence-electron chi connectivity index (χ1n) is 8.85. The number of alkyl halides is 1. The summed E-state index contributed by atoms with van der Waals surface area (Å²) in [6.07, 6.45) is 0.586. The molecule has 0 saturated heterocycles. The smallest absolute Gasteiger partial charge is 0.200 e. The zero-order chi connectivity index (χ0) is 19.8. The molecule has 4 rings (SSSR count). The zero-order valence-electron chi connectivity index (χ0n) is 15.1. The zero-order valence-corrected chi connectivity index (χ0v) is 16.7. The van der Waals surface area contributed by atoms with E-state index in [9.17, 15) is 10.2 Å². The molecule has 4 aromatic rings. The number of aromatic hydroxyl groups is 2. The molecule has 3 aromatic carbocycles. The van der Waals surface area contributed by atoms with Crippen molar-refractivity contribution >= 4 is 34.6 Å². The van der Waals surface area contributed by atoms with Crippen LogP contribution in [0.2, 0.25) is 0 Å². The Labute approximate surface area is 171 Å². The van der Waals surface area contributed by atoms with Crippen molar-refractivity contribution in [3.05, 3.63) is 64.4 Å². The monoisotopic (exact) mass is 411 g/mol. The number of halogens is 1. The number of hydrogen-bond acceptors (Lipinski definition) is 4. The Kier molecular flexibility index (Phi) is 4.83. The summed E-state index contributed by atoms with van der Waals surface area (Å²) in [6, 6.07) is 15.7. The Balaban J connectivity index is 2.05. The van der Waals surface area contributed by atoms with E-state index in [0.717, 1.165) is 16.5 Å². The SMILES string of the molecule is CCc1cc(-c2n[nH]c(=S)n2-c2cccc3ccccc23)c(O)c(CCl)c1O. The lowest BCUT2D eigenvalue weighted by atomic mass is 10.0. The van der Waals surface area contributed by atoms with E-state index in [-0.39, 0.29) is 22.9 Å². The molecule has 0 aliphatic heterocycles. The Morgan fingerprint density at radius 2 is 1.86 bits per heavy atom. The molecule has 28 heavy (non-hydrogen) atoms. The lowest BCUT2D eigenvalue weighted by Gasteiger charge is -2.15. The molecule has 7 heteroatoms. The second-order valence-electron chi connectivity index (χ2n) is 6.43. The van der Waals surface area contributed by atoms with Crippen molar-refractivity contribution in [2.75, 3.05) is 0 Å². The fourth-order valence-electron chi connectivity index (χ4n) is 3.45. The minimum atomic E-state index is -0.0970. The van der Waals surface area contributed by atoms with Crippen molar-refractivity contribution in [3.63, 3.8) is 0 Å². The van der Waals surface area contributed by atoms with E-state index < -0.39 is 0 Å². The molecular formula is C21H18ClN3O2S. The number of H-pyrrole nitrogens is 1. The molecule has 0 bridgehead atoms. The van der Waals surface area contributed by atoms with Gasteiger partial charge in [0, 0.05) is 5.39 Å². The van der Waals surface area contributed by atoms with Crippen LogP contribution in [-0.2, 0) is 12.3 Å². The Bertz CT molecular complexity index is 1240. The summed E-state index contributed by atoms with van der Waals surface area (Å²) in [7, 11) is 0. The van der Waals surface area contributed by atoms with E-state index in [1.807, 2.05) is 49.4 Å². The van der Waals surface area contributed by atoms with E-state index in [0.29, 0.717) is 28.1 Å². The highest BCUT2D eigenvalue weighted by molar-refractivity contribution is 7.71.